The van der Waals surface area contributed by atoms with Gasteiger partial charge in [-0.15, -0.1) is 0 Å². The predicted molar refractivity (Wildman–Crippen MR) is 159 cm³/mol. The highest BCUT2D eigenvalue weighted by atomic mass is 19.4. The number of esters is 1. The third-order valence-corrected chi connectivity index (χ3v) is 8.17. The van der Waals surface area contributed by atoms with Gasteiger partial charge in [0.2, 0.25) is 11.8 Å². The van der Waals surface area contributed by atoms with Crippen molar-refractivity contribution in [3.05, 3.63) is 83.9 Å². The predicted octanol–water partition coefficient (Wildman–Crippen LogP) is 4.42. The maximum Gasteiger partial charge on any atom is 0.490 e. The Morgan fingerprint density at radius 3 is 2.09 bits per heavy atom. The average molecular weight is 643 g/mol. The van der Waals surface area contributed by atoms with Gasteiger partial charge >= 0.3 is 18.1 Å². The molecule has 0 bridgehead atoms. The molecule has 0 spiro atoms. The number of carboxylic acid groups (broad SMARTS) is 1. The van der Waals surface area contributed by atoms with Crippen molar-refractivity contribution in [1.29, 1.82) is 0 Å². The molecule has 0 saturated carbocycles. The summed E-state index contributed by atoms with van der Waals surface area (Å²) in [5, 5.41) is 10.6. The van der Waals surface area contributed by atoms with Crippen LogP contribution in [0.1, 0.15) is 24.1 Å². The third-order valence-electron chi connectivity index (χ3n) is 8.17. The van der Waals surface area contributed by atoms with E-state index < -0.39 is 41.5 Å². The first kappa shape index (κ1) is 34.0. The molecule has 3 unspecified atom stereocenters. The van der Waals surface area contributed by atoms with Crippen LogP contribution in [-0.2, 0) is 30.3 Å². The first-order valence-corrected chi connectivity index (χ1v) is 14.2. The lowest BCUT2D eigenvalue weighted by atomic mass is 9.76. The van der Waals surface area contributed by atoms with Gasteiger partial charge in [0.15, 0.2) is 0 Å². The Kier molecular flexibility index (Phi) is 10.1. The lowest BCUT2D eigenvalue weighted by Gasteiger charge is -2.32. The summed E-state index contributed by atoms with van der Waals surface area (Å²) in [7, 11) is 4.52. The molecule has 0 radical (unpaired) electrons. The van der Waals surface area contributed by atoms with Crippen LogP contribution in [0.4, 0.5) is 13.2 Å². The van der Waals surface area contributed by atoms with Gasteiger partial charge in [0, 0.05) is 24.6 Å². The summed E-state index contributed by atoms with van der Waals surface area (Å²) in [4.78, 5) is 51.0. The highest BCUT2D eigenvalue weighted by molar-refractivity contribution is 6.09. The standard InChI is InChI=1S/C31H32N2O6.C2HF3O2/c1-5-33-28(34)25-26(29(33)35)31(30(36)39-4,18-19-9-7-6-8-10-19)32-27(25)21-13-16-23(24(17-21)38-3)20-11-14-22(37-2)15-12-20;3-2(4,5)1(6)7/h6-17,25-27,32H,5,18H2,1-4H3;(H,6,7)/t25?,26?,27?,31-;/m1./s1. The molecule has 244 valence electrons. The van der Waals surface area contributed by atoms with E-state index in [1.165, 1.54) is 12.0 Å². The fourth-order valence-corrected chi connectivity index (χ4v) is 6.09. The van der Waals surface area contributed by atoms with Crippen LogP contribution in [0.3, 0.4) is 0 Å². The van der Waals surface area contributed by atoms with Crippen molar-refractivity contribution in [2.24, 2.45) is 11.8 Å². The number of alkyl halides is 3. The summed E-state index contributed by atoms with van der Waals surface area (Å²) in [5.74, 6) is -4.28. The van der Waals surface area contributed by atoms with Crippen LogP contribution >= 0.6 is 0 Å². The summed E-state index contributed by atoms with van der Waals surface area (Å²) >= 11 is 0. The molecule has 2 aliphatic heterocycles. The van der Waals surface area contributed by atoms with E-state index in [9.17, 15) is 27.6 Å². The van der Waals surface area contributed by atoms with Crippen LogP contribution in [0.2, 0.25) is 0 Å². The summed E-state index contributed by atoms with van der Waals surface area (Å²) in [5.41, 5.74) is 2.00. The number of carbonyl (C=O) groups is 4. The number of imide groups is 1. The Morgan fingerprint density at radius 2 is 1.57 bits per heavy atom. The van der Waals surface area contributed by atoms with Gasteiger partial charge in [-0.05, 0) is 41.8 Å². The number of aliphatic carboxylic acids is 1. The maximum absolute atomic E-state index is 13.7. The Morgan fingerprint density at radius 1 is 0.935 bits per heavy atom. The molecule has 2 heterocycles. The molecule has 4 atom stereocenters. The molecule has 2 saturated heterocycles. The largest absolute Gasteiger partial charge is 0.497 e. The van der Waals surface area contributed by atoms with Crippen LogP contribution in [0.25, 0.3) is 11.1 Å². The number of likely N-dealkylation sites (tertiary alicyclic amines) is 1. The first-order valence-electron chi connectivity index (χ1n) is 14.2. The molecule has 2 amide bonds. The van der Waals surface area contributed by atoms with Crippen molar-refractivity contribution >= 4 is 23.8 Å². The number of halogens is 3. The summed E-state index contributed by atoms with van der Waals surface area (Å²) < 4.78 is 48.0. The summed E-state index contributed by atoms with van der Waals surface area (Å²) in [6.45, 7) is 2.00. The lowest BCUT2D eigenvalue weighted by Crippen LogP contribution is -2.57. The molecule has 3 aromatic carbocycles. The molecule has 2 N–H and O–H groups in total. The van der Waals surface area contributed by atoms with Crippen LogP contribution in [0, 0.1) is 11.8 Å². The number of ether oxygens (including phenoxy) is 3. The molecule has 13 heteroatoms. The number of carboxylic acids is 1. The SMILES string of the molecule is CCN1C(=O)C2C(c3ccc(-c4ccc(OC)cc4)c(OC)c3)N[C@@](Cc3ccccc3)(C(=O)OC)C2C1=O.O=C(O)C(F)(F)F. The Bertz CT molecular complexity index is 1600. The van der Waals surface area contributed by atoms with Crippen molar-refractivity contribution in [1.82, 2.24) is 10.2 Å². The minimum absolute atomic E-state index is 0.204. The highest BCUT2D eigenvalue weighted by Gasteiger charge is 2.68. The average Bonchev–Trinajstić information content (AvgIpc) is 3.53. The van der Waals surface area contributed by atoms with Gasteiger partial charge in [-0.3, -0.25) is 24.6 Å². The van der Waals surface area contributed by atoms with E-state index in [1.54, 1.807) is 21.1 Å². The first-order chi connectivity index (χ1) is 21.8. The number of rotatable bonds is 8. The van der Waals surface area contributed by atoms with Gasteiger partial charge in [0.1, 0.15) is 17.0 Å². The smallest absolute Gasteiger partial charge is 0.490 e. The second-order valence-corrected chi connectivity index (χ2v) is 10.7. The van der Waals surface area contributed by atoms with Crippen molar-refractivity contribution < 1.29 is 51.7 Å². The number of nitrogens with one attached hydrogen (secondary N) is 1. The van der Waals surface area contributed by atoms with E-state index in [-0.39, 0.29) is 24.8 Å². The lowest BCUT2D eigenvalue weighted by molar-refractivity contribution is -0.192. The number of methoxy groups -OCH3 is 3. The number of fused-ring (bicyclic) bond motifs is 1. The van der Waals surface area contributed by atoms with Gasteiger partial charge in [0.05, 0.1) is 33.2 Å². The number of carbonyl (C=O) groups excluding carboxylic acids is 3. The molecule has 5 rings (SSSR count). The number of hydrogen-bond donors (Lipinski definition) is 2. The van der Waals surface area contributed by atoms with Gasteiger partial charge in [-0.2, -0.15) is 13.2 Å². The van der Waals surface area contributed by atoms with E-state index in [2.05, 4.69) is 5.32 Å². The van der Waals surface area contributed by atoms with Gasteiger partial charge in [0.25, 0.3) is 0 Å². The fourth-order valence-electron chi connectivity index (χ4n) is 6.09. The van der Waals surface area contributed by atoms with Crippen molar-refractivity contribution in [3.8, 4) is 22.6 Å². The normalized spacial score (nSPS) is 22.1. The van der Waals surface area contributed by atoms with Crippen LogP contribution in [0.5, 0.6) is 11.5 Å². The van der Waals surface area contributed by atoms with Crippen molar-refractivity contribution in [2.75, 3.05) is 27.9 Å². The third kappa shape index (κ3) is 6.41. The summed E-state index contributed by atoms with van der Waals surface area (Å²) in [6.07, 6.45) is -4.88. The number of hydrogen-bond acceptors (Lipinski definition) is 8. The van der Waals surface area contributed by atoms with Crippen molar-refractivity contribution in [3.63, 3.8) is 0 Å². The summed E-state index contributed by atoms with van der Waals surface area (Å²) in [6, 6.07) is 22.2. The topological polar surface area (TPSA) is 131 Å². The second kappa shape index (κ2) is 13.6. The molecule has 46 heavy (non-hydrogen) atoms. The monoisotopic (exact) mass is 642 g/mol. The molecular formula is C33H33F3N2O8. The Balaban J connectivity index is 0.000000617. The zero-order chi connectivity index (χ0) is 33.8. The van der Waals surface area contributed by atoms with Gasteiger partial charge < -0.3 is 19.3 Å². The molecule has 2 aliphatic rings. The van der Waals surface area contributed by atoms with E-state index in [0.29, 0.717) is 5.75 Å². The number of benzene rings is 3. The van der Waals surface area contributed by atoms with Crippen molar-refractivity contribution in [2.45, 2.75) is 31.1 Å². The Hall–Kier alpha value is -4.91. The highest BCUT2D eigenvalue weighted by Crippen LogP contribution is 2.51. The van der Waals surface area contributed by atoms with Crippen LogP contribution in [0.15, 0.2) is 72.8 Å². The number of nitrogens with zero attached hydrogens (tertiary/aromatic N) is 1. The maximum atomic E-state index is 13.7. The molecule has 10 nitrogen and oxygen atoms in total. The molecule has 3 aromatic rings. The van der Waals surface area contributed by atoms with E-state index in [1.807, 2.05) is 72.8 Å². The minimum Gasteiger partial charge on any atom is -0.497 e. The zero-order valence-electron chi connectivity index (χ0n) is 25.5. The number of amides is 2. The van der Waals surface area contributed by atoms with Crippen LogP contribution < -0.4 is 14.8 Å². The quantitative estimate of drug-likeness (QED) is 0.271. The minimum atomic E-state index is -5.08. The molecule has 0 aromatic heterocycles. The molecule has 0 aliphatic carbocycles. The Labute approximate surface area is 263 Å². The fraction of sp³-hybridized carbons (Fsp3) is 0.333. The molecule has 2 fully saturated rings. The van der Waals surface area contributed by atoms with E-state index >= 15 is 0 Å². The van der Waals surface area contributed by atoms with Gasteiger partial charge in [-0.25, -0.2) is 4.79 Å². The van der Waals surface area contributed by atoms with Crippen LogP contribution in [-0.4, -0.2) is 73.3 Å². The second-order valence-electron chi connectivity index (χ2n) is 10.7. The molecular weight excluding hydrogens is 609 g/mol. The van der Waals surface area contributed by atoms with E-state index in [4.69, 9.17) is 24.1 Å². The van der Waals surface area contributed by atoms with Gasteiger partial charge in [-0.1, -0.05) is 54.6 Å². The zero-order valence-corrected chi connectivity index (χ0v) is 25.5. The van der Waals surface area contributed by atoms with E-state index in [0.717, 1.165) is 28.0 Å².